The number of rotatable bonds is 26. The van der Waals surface area contributed by atoms with Crippen molar-refractivity contribution in [2.75, 3.05) is 46.2 Å². The maximum atomic E-state index is 13.0. The van der Waals surface area contributed by atoms with Crippen molar-refractivity contribution in [3.05, 3.63) is 35.9 Å². The highest BCUT2D eigenvalue weighted by atomic mass is 16.7. The molecule has 0 saturated carbocycles. The van der Waals surface area contributed by atoms with E-state index in [0.29, 0.717) is 43.5 Å². The summed E-state index contributed by atoms with van der Waals surface area (Å²) in [6.07, 6.45) is 20.8. The maximum Gasteiger partial charge on any atom is 0.342 e. The molecule has 1 saturated heterocycles. The van der Waals surface area contributed by atoms with E-state index in [9.17, 15) is 4.79 Å². The first kappa shape index (κ1) is 36.1. The Morgan fingerprint density at radius 3 is 2.17 bits per heavy atom. The zero-order valence-electron chi connectivity index (χ0n) is 25.8. The number of hydrogen-bond acceptors (Lipinski definition) is 8. The first-order chi connectivity index (χ1) is 20.7. The first-order valence-electron chi connectivity index (χ1n) is 16.4. The van der Waals surface area contributed by atoms with Crippen LogP contribution in [0.4, 0.5) is 0 Å². The van der Waals surface area contributed by atoms with E-state index in [1.54, 1.807) is 12.1 Å². The maximum absolute atomic E-state index is 13.0. The van der Waals surface area contributed by atoms with Crippen LogP contribution in [-0.2, 0) is 14.2 Å². The summed E-state index contributed by atoms with van der Waals surface area (Å²) in [5.74, 6) is 0.770. The van der Waals surface area contributed by atoms with Crippen LogP contribution in [0.5, 0.6) is 11.5 Å². The van der Waals surface area contributed by atoms with Gasteiger partial charge in [0.25, 0.3) is 0 Å². The second-order valence-corrected chi connectivity index (χ2v) is 10.9. The fourth-order valence-electron chi connectivity index (χ4n) is 4.68. The predicted molar refractivity (Wildman–Crippen MR) is 165 cm³/mol. The van der Waals surface area contributed by atoms with E-state index in [-0.39, 0.29) is 25.5 Å². The topological polar surface area (TPSA) is 104 Å². The van der Waals surface area contributed by atoms with Crippen LogP contribution in [0.3, 0.4) is 0 Å². The molecular weight excluding hydrogens is 536 g/mol. The minimum absolute atomic E-state index is 0.0356. The minimum atomic E-state index is -0.388. The van der Waals surface area contributed by atoms with E-state index in [2.05, 4.69) is 12.2 Å². The molecule has 1 aliphatic rings. The van der Waals surface area contributed by atoms with Crippen molar-refractivity contribution >= 4 is 5.97 Å². The molecule has 1 fully saturated rings. The number of benzene rings is 1. The lowest BCUT2D eigenvalue weighted by Crippen LogP contribution is -2.22. The van der Waals surface area contributed by atoms with Gasteiger partial charge in [0, 0.05) is 26.4 Å². The van der Waals surface area contributed by atoms with Crippen LogP contribution >= 0.6 is 0 Å². The number of unbranched alkanes of at least 4 members (excludes halogenated alkanes) is 10. The zero-order valence-corrected chi connectivity index (χ0v) is 25.8. The third-order valence-corrected chi connectivity index (χ3v) is 7.17. The Bertz CT molecular complexity index is 822. The van der Waals surface area contributed by atoms with E-state index in [4.69, 9.17) is 33.9 Å². The van der Waals surface area contributed by atoms with Crippen molar-refractivity contribution < 1.29 is 38.7 Å². The van der Waals surface area contributed by atoms with Gasteiger partial charge < -0.3 is 33.9 Å². The van der Waals surface area contributed by atoms with Gasteiger partial charge in [-0.3, -0.25) is 0 Å². The molecule has 0 bridgehead atoms. The average Bonchev–Trinajstić information content (AvgIpc) is 3.02. The second-order valence-electron chi connectivity index (χ2n) is 10.9. The van der Waals surface area contributed by atoms with Gasteiger partial charge in [0.1, 0.15) is 17.1 Å². The summed E-state index contributed by atoms with van der Waals surface area (Å²) >= 11 is 0. The monoisotopic (exact) mass is 592 g/mol. The summed E-state index contributed by atoms with van der Waals surface area (Å²) in [5.41, 5.74) is 0.399. The Balaban J connectivity index is 1.74. The third kappa shape index (κ3) is 17.7. The number of carbonyl (C=O) groups excluding carboxylic acids is 1. The van der Waals surface area contributed by atoms with Crippen LogP contribution in [0.25, 0.3) is 0 Å². The molecule has 0 amide bonds. The SMILES string of the molecule is O=C(OCCCCCCOC1CCCCO1)c1cc(OCCCCCCCCO)ccc1OCCC/C=C/CCCO. The van der Waals surface area contributed by atoms with Gasteiger partial charge in [-0.15, -0.1) is 0 Å². The quantitative estimate of drug-likeness (QED) is 0.0664. The number of aliphatic hydroxyl groups is 2. The fourth-order valence-corrected chi connectivity index (χ4v) is 4.68. The summed E-state index contributed by atoms with van der Waals surface area (Å²) in [5, 5.41) is 17.7. The van der Waals surface area contributed by atoms with Crippen molar-refractivity contribution in [2.45, 2.75) is 115 Å². The van der Waals surface area contributed by atoms with Crippen molar-refractivity contribution in [1.29, 1.82) is 0 Å². The molecule has 240 valence electrons. The molecule has 1 unspecified atom stereocenters. The lowest BCUT2D eigenvalue weighted by molar-refractivity contribution is -0.162. The fraction of sp³-hybridized carbons (Fsp3) is 0.735. The normalized spacial score (nSPS) is 15.2. The van der Waals surface area contributed by atoms with Gasteiger partial charge in [0.15, 0.2) is 6.29 Å². The Hall–Kier alpha value is -2.13. The van der Waals surface area contributed by atoms with Crippen molar-refractivity contribution in [3.63, 3.8) is 0 Å². The number of hydrogen-bond donors (Lipinski definition) is 2. The van der Waals surface area contributed by atoms with E-state index in [1.165, 1.54) is 6.42 Å². The molecule has 1 aromatic carbocycles. The number of aliphatic hydroxyl groups excluding tert-OH is 2. The van der Waals surface area contributed by atoms with E-state index in [1.807, 2.05) is 6.07 Å². The van der Waals surface area contributed by atoms with Gasteiger partial charge >= 0.3 is 5.97 Å². The van der Waals surface area contributed by atoms with Gasteiger partial charge in [-0.2, -0.15) is 0 Å². The Labute approximate surface area is 253 Å². The number of carbonyl (C=O) groups is 1. The molecule has 2 rings (SSSR count). The van der Waals surface area contributed by atoms with Gasteiger partial charge in [-0.25, -0.2) is 4.79 Å². The lowest BCUT2D eigenvalue weighted by atomic mass is 10.1. The van der Waals surface area contributed by atoms with Gasteiger partial charge in [-0.05, 0) is 95.2 Å². The molecule has 1 aliphatic heterocycles. The number of esters is 1. The molecule has 2 N–H and O–H groups in total. The summed E-state index contributed by atoms with van der Waals surface area (Å²) in [6.45, 7) is 3.44. The van der Waals surface area contributed by atoms with Gasteiger partial charge in [-0.1, -0.05) is 44.3 Å². The summed E-state index contributed by atoms with van der Waals surface area (Å²) < 4.78 is 28.9. The Morgan fingerprint density at radius 1 is 0.762 bits per heavy atom. The Kier molecular flexibility index (Phi) is 21.8. The van der Waals surface area contributed by atoms with Crippen molar-refractivity contribution in [1.82, 2.24) is 0 Å². The molecule has 0 radical (unpaired) electrons. The summed E-state index contributed by atoms with van der Waals surface area (Å²) in [6, 6.07) is 5.38. The molecular formula is C34H56O8. The van der Waals surface area contributed by atoms with E-state index >= 15 is 0 Å². The van der Waals surface area contributed by atoms with Gasteiger partial charge in [0.2, 0.25) is 0 Å². The Morgan fingerprint density at radius 2 is 1.43 bits per heavy atom. The summed E-state index contributed by atoms with van der Waals surface area (Å²) in [4.78, 5) is 13.0. The van der Waals surface area contributed by atoms with Crippen LogP contribution in [0.1, 0.15) is 120 Å². The molecule has 8 nitrogen and oxygen atoms in total. The summed E-state index contributed by atoms with van der Waals surface area (Å²) in [7, 11) is 0. The van der Waals surface area contributed by atoms with Crippen LogP contribution in [-0.4, -0.2) is 68.7 Å². The smallest absolute Gasteiger partial charge is 0.342 e. The zero-order chi connectivity index (χ0) is 29.9. The minimum Gasteiger partial charge on any atom is -0.494 e. The number of allylic oxidation sites excluding steroid dienone is 2. The molecule has 1 heterocycles. The predicted octanol–water partition coefficient (Wildman–Crippen LogP) is 7.15. The largest absolute Gasteiger partial charge is 0.494 e. The van der Waals surface area contributed by atoms with Crippen molar-refractivity contribution in [3.8, 4) is 11.5 Å². The highest BCUT2D eigenvalue weighted by molar-refractivity contribution is 5.93. The van der Waals surface area contributed by atoms with Crippen LogP contribution in [0.15, 0.2) is 30.4 Å². The highest BCUT2D eigenvalue weighted by Gasteiger charge is 2.16. The molecule has 42 heavy (non-hydrogen) atoms. The first-order valence-corrected chi connectivity index (χ1v) is 16.4. The highest BCUT2D eigenvalue weighted by Crippen LogP contribution is 2.26. The molecule has 8 heteroatoms. The van der Waals surface area contributed by atoms with Crippen LogP contribution in [0, 0.1) is 0 Å². The lowest BCUT2D eigenvalue weighted by Gasteiger charge is -2.22. The molecule has 0 spiro atoms. The molecule has 1 aromatic rings. The van der Waals surface area contributed by atoms with E-state index < -0.39 is 0 Å². The second kappa shape index (κ2) is 25.4. The molecule has 1 atom stereocenters. The van der Waals surface area contributed by atoms with Gasteiger partial charge in [0.05, 0.1) is 19.8 Å². The molecule has 0 aliphatic carbocycles. The van der Waals surface area contributed by atoms with Crippen molar-refractivity contribution in [2.24, 2.45) is 0 Å². The van der Waals surface area contributed by atoms with Crippen LogP contribution in [0.2, 0.25) is 0 Å². The van der Waals surface area contributed by atoms with Crippen LogP contribution < -0.4 is 9.47 Å². The number of ether oxygens (including phenoxy) is 5. The molecule has 0 aromatic heterocycles. The van der Waals surface area contributed by atoms with E-state index in [0.717, 1.165) is 109 Å². The average molecular weight is 593 g/mol. The standard InChI is InChI=1S/C34H56O8/c35-22-12-5-1-3-7-14-24-38-30-20-21-32(39-25-15-8-4-2-6-13-23-36)31(29-30)34(37)42-28-17-10-9-16-26-40-33-19-11-18-27-41-33/h2,4,20-21,29,33,35-36H,1,3,5-19,22-28H2/b4-2+. The third-order valence-electron chi connectivity index (χ3n) is 7.17.